The maximum Gasteiger partial charge on any atom is 0.262 e. The first kappa shape index (κ1) is 24.2. The second kappa shape index (κ2) is 11.4. The van der Waals surface area contributed by atoms with Gasteiger partial charge >= 0.3 is 0 Å². The summed E-state index contributed by atoms with van der Waals surface area (Å²) in [7, 11) is 1.52. The number of ether oxygens (including phenoxy) is 2. The van der Waals surface area contributed by atoms with Crippen LogP contribution in [0.2, 0.25) is 10.0 Å². The fraction of sp³-hybridized carbons (Fsp3) is 0.154. The Morgan fingerprint density at radius 2 is 1.85 bits per heavy atom. The van der Waals surface area contributed by atoms with Gasteiger partial charge in [0.25, 0.3) is 5.91 Å². The standard InChI is InChI=1S/C26H22Cl2N2O3/c1-17(19-6-4-3-5-7-19)30-26(31)21(15-29)12-18-8-11-24(25(13-18)32-2)33-16-20-9-10-22(27)14-23(20)28/h3-14,17H,16H2,1-2H3,(H,30,31)/b21-12-/t17-/m1/s1. The SMILES string of the molecule is COc1cc(/C=C(/C#N)C(=O)N[C@H](C)c2ccccc2)ccc1OCc1ccc(Cl)cc1Cl. The highest BCUT2D eigenvalue weighted by Gasteiger charge is 2.14. The van der Waals surface area contributed by atoms with E-state index in [2.05, 4.69) is 5.32 Å². The number of nitriles is 1. The average Bonchev–Trinajstić information content (AvgIpc) is 2.82. The maximum atomic E-state index is 12.6. The molecule has 3 rings (SSSR count). The Balaban J connectivity index is 1.73. The largest absolute Gasteiger partial charge is 0.493 e. The Hall–Kier alpha value is -3.46. The minimum Gasteiger partial charge on any atom is -0.493 e. The molecule has 5 nitrogen and oxygen atoms in total. The van der Waals surface area contributed by atoms with Gasteiger partial charge in [-0.2, -0.15) is 5.26 Å². The molecule has 1 N–H and O–H groups in total. The van der Waals surface area contributed by atoms with Crippen molar-refractivity contribution < 1.29 is 14.3 Å². The monoisotopic (exact) mass is 480 g/mol. The average molecular weight is 481 g/mol. The Kier molecular flexibility index (Phi) is 8.37. The van der Waals surface area contributed by atoms with E-state index in [1.165, 1.54) is 13.2 Å². The van der Waals surface area contributed by atoms with Gasteiger partial charge in [-0.15, -0.1) is 0 Å². The molecule has 0 aliphatic heterocycles. The molecule has 168 valence electrons. The van der Waals surface area contributed by atoms with Crippen LogP contribution in [0.4, 0.5) is 0 Å². The summed E-state index contributed by atoms with van der Waals surface area (Å²) < 4.78 is 11.3. The van der Waals surface area contributed by atoms with Crippen LogP contribution < -0.4 is 14.8 Å². The molecular weight excluding hydrogens is 459 g/mol. The van der Waals surface area contributed by atoms with Gasteiger partial charge < -0.3 is 14.8 Å². The third kappa shape index (κ3) is 6.52. The quantitative estimate of drug-likeness (QED) is 0.300. The van der Waals surface area contributed by atoms with E-state index in [-0.39, 0.29) is 18.2 Å². The van der Waals surface area contributed by atoms with Crippen LogP contribution in [0.3, 0.4) is 0 Å². The topological polar surface area (TPSA) is 71.3 Å². The van der Waals surface area contributed by atoms with E-state index in [0.717, 1.165) is 11.1 Å². The van der Waals surface area contributed by atoms with Crippen LogP contribution in [0, 0.1) is 11.3 Å². The van der Waals surface area contributed by atoms with Gasteiger partial charge in [0.15, 0.2) is 11.5 Å². The zero-order valence-electron chi connectivity index (χ0n) is 18.1. The van der Waals surface area contributed by atoms with Crippen molar-refractivity contribution in [3.05, 3.63) is 99.0 Å². The summed E-state index contributed by atoms with van der Waals surface area (Å²) in [6, 6.07) is 21.6. The van der Waals surface area contributed by atoms with Gasteiger partial charge in [-0.05, 0) is 48.4 Å². The van der Waals surface area contributed by atoms with Crippen molar-refractivity contribution in [2.45, 2.75) is 19.6 Å². The van der Waals surface area contributed by atoms with Gasteiger partial charge in [0.1, 0.15) is 18.2 Å². The van der Waals surface area contributed by atoms with Crippen LogP contribution in [0.1, 0.15) is 29.7 Å². The minimum absolute atomic E-state index is 0.0125. The number of hydrogen-bond acceptors (Lipinski definition) is 4. The minimum atomic E-state index is -0.453. The molecule has 0 unspecified atom stereocenters. The van der Waals surface area contributed by atoms with E-state index < -0.39 is 5.91 Å². The summed E-state index contributed by atoms with van der Waals surface area (Å²) in [5, 5.41) is 13.4. The predicted molar refractivity (Wildman–Crippen MR) is 130 cm³/mol. The summed E-state index contributed by atoms with van der Waals surface area (Å²) in [5.41, 5.74) is 2.35. The fourth-order valence-corrected chi connectivity index (χ4v) is 3.57. The third-order valence-corrected chi connectivity index (χ3v) is 5.50. The summed E-state index contributed by atoms with van der Waals surface area (Å²) in [5.74, 6) is 0.510. The third-order valence-electron chi connectivity index (χ3n) is 4.91. The lowest BCUT2D eigenvalue weighted by Crippen LogP contribution is -2.27. The molecule has 1 amide bonds. The van der Waals surface area contributed by atoms with Gasteiger partial charge in [-0.3, -0.25) is 4.79 Å². The molecule has 0 saturated heterocycles. The molecule has 0 bridgehead atoms. The first-order chi connectivity index (χ1) is 15.9. The number of nitrogens with one attached hydrogen (secondary N) is 1. The van der Waals surface area contributed by atoms with Crippen LogP contribution in [-0.2, 0) is 11.4 Å². The highest BCUT2D eigenvalue weighted by atomic mass is 35.5. The van der Waals surface area contributed by atoms with Crippen molar-refractivity contribution in [1.82, 2.24) is 5.32 Å². The number of amides is 1. The van der Waals surface area contributed by atoms with Crippen LogP contribution >= 0.6 is 23.2 Å². The molecule has 0 saturated carbocycles. The first-order valence-electron chi connectivity index (χ1n) is 10.1. The van der Waals surface area contributed by atoms with Gasteiger partial charge in [0, 0.05) is 15.6 Å². The number of methoxy groups -OCH3 is 1. The molecule has 33 heavy (non-hydrogen) atoms. The normalized spacial score (nSPS) is 11.9. The molecular formula is C26H22Cl2N2O3. The van der Waals surface area contributed by atoms with E-state index in [1.807, 2.05) is 43.3 Å². The number of benzene rings is 3. The van der Waals surface area contributed by atoms with Crippen molar-refractivity contribution in [1.29, 1.82) is 5.26 Å². The molecule has 7 heteroatoms. The number of rotatable bonds is 8. The molecule has 0 fully saturated rings. The molecule has 1 atom stereocenters. The van der Waals surface area contributed by atoms with Crippen molar-refractivity contribution >= 4 is 35.2 Å². The van der Waals surface area contributed by atoms with Crippen molar-refractivity contribution in [3.63, 3.8) is 0 Å². The Labute approximate surface area is 203 Å². The van der Waals surface area contributed by atoms with E-state index in [4.69, 9.17) is 32.7 Å². The molecule has 0 radical (unpaired) electrons. The summed E-state index contributed by atoms with van der Waals surface area (Å²) in [6.07, 6.45) is 1.51. The highest BCUT2D eigenvalue weighted by molar-refractivity contribution is 6.35. The number of hydrogen-bond donors (Lipinski definition) is 1. The number of carbonyl (C=O) groups is 1. The Morgan fingerprint density at radius 1 is 1.09 bits per heavy atom. The summed E-state index contributed by atoms with van der Waals surface area (Å²) >= 11 is 12.1. The van der Waals surface area contributed by atoms with E-state index in [9.17, 15) is 10.1 Å². The van der Waals surface area contributed by atoms with Crippen molar-refractivity contribution in [2.24, 2.45) is 0 Å². The summed E-state index contributed by atoms with van der Waals surface area (Å²) in [4.78, 5) is 12.6. The summed E-state index contributed by atoms with van der Waals surface area (Å²) in [6.45, 7) is 2.09. The van der Waals surface area contributed by atoms with E-state index in [0.29, 0.717) is 27.1 Å². The van der Waals surface area contributed by atoms with Crippen molar-refractivity contribution in [3.8, 4) is 17.6 Å². The lowest BCUT2D eigenvalue weighted by Gasteiger charge is -2.14. The van der Waals surface area contributed by atoms with Gasteiger partial charge in [0.05, 0.1) is 13.2 Å². The van der Waals surface area contributed by atoms with Crippen LogP contribution in [-0.4, -0.2) is 13.0 Å². The molecule has 0 heterocycles. The second-order valence-electron chi connectivity index (χ2n) is 7.21. The lowest BCUT2D eigenvalue weighted by atomic mass is 10.1. The van der Waals surface area contributed by atoms with Gasteiger partial charge in [0.2, 0.25) is 0 Å². The molecule has 3 aromatic carbocycles. The first-order valence-corrected chi connectivity index (χ1v) is 10.9. The molecule has 0 aliphatic carbocycles. The second-order valence-corrected chi connectivity index (χ2v) is 8.05. The van der Waals surface area contributed by atoms with Crippen molar-refractivity contribution in [2.75, 3.05) is 7.11 Å². The zero-order chi connectivity index (χ0) is 23.8. The Bertz CT molecular complexity index is 1200. The molecule has 0 aromatic heterocycles. The fourth-order valence-electron chi connectivity index (χ4n) is 3.10. The number of nitrogens with zero attached hydrogens (tertiary/aromatic N) is 1. The predicted octanol–water partition coefficient (Wildman–Crippen LogP) is 6.37. The van der Waals surface area contributed by atoms with E-state index in [1.54, 1.807) is 36.4 Å². The zero-order valence-corrected chi connectivity index (χ0v) is 19.7. The molecule has 0 aliphatic rings. The number of carbonyl (C=O) groups excluding carboxylic acids is 1. The van der Waals surface area contributed by atoms with Crippen LogP contribution in [0.5, 0.6) is 11.5 Å². The van der Waals surface area contributed by atoms with E-state index >= 15 is 0 Å². The molecule has 0 spiro atoms. The highest BCUT2D eigenvalue weighted by Crippen LogP contribution is 2.31. The van der Waals surface area contributed by atoms with Crippen LogP contribution in [0.15, 0.2) is 72.3 Å². The van der Waals surface area contributed by atoms with Gasteiger partial charge in [-0.25, -0.2) is 0 Å². The van der Waals surface area contributed by atoms with Gasteiger partial charge in [-0.1, -0.05) is 65.7 Å². The Morgan fingerprint density at radius 3 is 2.52 bits per heavy atom. The maximum absolute atomic E-state index is 12.6. The molecule has 3 aromatic rings. The number of halogens is 2. The smallest absolute Gasteiger partial charge is 0.262 e. The lowest BCUT2D eigenvalue weighted by molar-refractivity contribution is -0.117. The van der Waals surface area contributed by atoms with Crippen LogP contribution in [0.25, 0.3) is 6.08 Å².